The molecule has 0 radical (unpaired) electrons. The summed E-state index contributed by atoms with van der Waals surface area (Å²) >= 11 is 0. The van der Waals surface area contributed by atoms with Crippen molar-refractivity contribution in [2.45, 2.75) is 83.5 Å². The lowest BCUT2D eigenvalue weighted by Crippen LogP contribution is -2.46. The molecular formula is C26H37F2N3O2. The van der Waals surface area contributed by atoms with Crippen molar-refractivity contribution < 1.29 is 18.6 Å². The highest BCUT2D eigenvalue weighted by Crippen LogP contribution is 2.44. The van der Waals surface area contributed by atoms with Crippen molar-refractivity contribution in [3.05, 3.63) is 58.8 Å². The van der Waals surface area contributed by atoms with Gasteiger partial charge < -0.3 is 21.3 Å². The van der Waals surface area contributed by atoms with Crippen molar-refractivity contribution in [1.29, 1.82) is 0 Å². The molecule has 2 unspecified atom stereocenters. The van der Waals surface area contributed by atoms with E-state index in [4.69, 9.17) is 16.2 Å². The predicted molar refractivity (Wildman–Crippen MR) is 126 cm³/mol. The first-order chi connectivity index (χ1) is 15.5. The van der Waals surface area contributed by atoms with Gasteiger partial charge in [-0.05, 0) is 79.7 Å². The quantitative estimate of drug-likeness (QED) is 0.624. The molecule has 1 aliphatic heterocycles. The van der Waals surface area contributed by atoms with Gasteiger partial charge in [0.1, 0.15) is 17.2 Å². The Hall–Kier alpha value is -2.09. The van der Waals surface area contributed by atoms with E-state index in [1.807, 2.05) is 6.20 Å². The van der Waals surface area contributed by atoms with Crippen LogP contribution in [0.5, 0.6) is 5.88 Å². The molecule has 1 fully saturated rings. The number of pyridine rings is 1. The third kappa shape index (κ3) is 7.19. The van der Waals surface area contributed by atoms with Gasteiger partial charge in [0.15, 0.2) is 0 Å². The average Bonchev–Trinajstić information content (AvgIpc) is 2.70. The molecule has 4 rings (SSSR count). The number of hydrogen-bond acceptors (Lipinski definition) is 5. The average molecular weight is 462 g/mol. The summed E-state index contributed by atoms with van der Waals surface area (Å²) in [5.41, 5.74) is 14.3. The molecule has 5 N–H and O–H groups in total. The van der Waals surface area contributed by atoms with Gasteiger partial charge in [-0.3, -0.25) is 0 Å². The molecule has 0 saturated heterocycles. The lowest BCUT2D eigenvalue weighted by molar-refractivity contribution is -0.0290. The Morgan fingerprint density at radius 2 is 1.76 bits per heavy atom. The minimum Gasteiger partial charge on any atom is -0.471 e. The highest BCUT2D eigenvalue weighted by Gasteiger charge is 2.42. The van der Waals surface area contributed by atoms with E-state index in [-0.39, 0.29) is 18.6 Å². The highest BCUT2D eigenvalue weighted by atomic mass is 19.1. The van der Waals surface area contributed by atoms with Crippen LogP contribution in [0.4, 0.5) is 8.78 Å². The number of halogens is 2. The van der Waals surface area contributed by atoms with Crippen molar-refractivity contribution in [1.82, 2.24) is 4.98 Å². The molecule has 1 aromatic carbocycles. The molecule has 7 heteroatoms. The van der Waals surface area contributed by atoms with Crippen molar-refractivity contribution in [3.8, 4) is 5.88 Å². The Labute approximate surface area is 195 Å². The molecule has 0 amide bonds. The Balaban J connectivity index is 0.000000190. The van der Waals surface area contributed by atoms with Crippen LogP contribution in [0.15, 0.2) is 30.5 Å². The van der Waals surface area contributed by atoms with Gasteiger partial charge in [-0.15, -0.1) is 0 Å². The second-order valence-electron chi connectivity index (χ2n) is 10.6. The maximum absolute atomic E-state index is 12.8. The maximum atomic E-state index is 12.8. The first-order valence-electron chi connectivity index (χ1n) is 11.7. The van der Waals surface area contributed by atoms with E-state index in [9.17, 15) is 13.9 Å². The van der Waals surface area contributed by atoms with E-state index < -0.39 is 23.8 Å². The van der Waals surface area contributed by atoms with Crippen LogP contribution in [0, 0.1) is 17.0 Å². The highest BCUT2D eigenvalue weighted by molar-refractivity contribution is 5.33. The van der Waals surface area contributed by atoms with E-state index in [0.29, 0.717) is 11.0 Å². The lowest BCUT2D eigenvalue weighted by atomic mass is 9.75. The molecule has 1 aliphatic carbocycles. The Kier molecular flexibility index (Phi) is 8.08. The van der Waals surface area contributed by atoms with Gasteiger partial charge in [-0.25, -0.2) is 13.8 Å². The first-order valence-corrected chi connectivity index (χ1v) is 11.7. The van der Waals surface area contributed by atoms with Crippen molar-refractivity contribution >= 4 is 0 Å². The van der Waals surface area contributed by atoms with Crippen molar-refractivity contribution in [2.75, 3.05) is 6.54 Å². The van der Waals surface area contributed by atoms with Crippen LogP contribution in [0.25, 0.3) is 0 Å². The number of aromatic nitrogens is 1. The zero-order valence-electron chi connectivity index (χ0n) is 19.9. The normalized spacial score (nSPS) is 18.3. The fourth-order valence-electron chi connectivity index (χ4n) is 4.38. The summed E-state index contributed by atoms with van der Waals surface area (Å²) in [4.78, 5) is 4.56. The topological polar surface area (TPSA) is 94.4 Å². The van der Waals surface area contributed by atoms with Gasteiger partial charge >= 0.3 is 0 Å². The molecule has 182 valence electrons. The minimum absolute atomic E-state index is 0.0268. The van der Waals surface area contributed by atoms with Gasteiger partial charge in [0, 0.05) is 30.4 Å². The van der Waals surface area contributed by atoms with Gasteiger partial charge in [0.05, 0.1) is 6.10 Å². The number of nitrogens with two attached hydrogens (primary N) is 2. The van der Waals surface area contributed by atoms with Crippen LogP contribution in [0.2, 0.25) is 0 Å². The first kappa shape index (κ1) is 25.5. The largest absolute Gasteiger partial charge is 0.471 e. The van der Waals surface area contributed by atoms with E-state index >= 15 is 0 Å². The number of ether oxygens (including phenoxy) is 1. The summed E-state index contributed by atoms with van der Waals surface area (Å²) in [6.45, 7) is 6.84. The number of aliphatic hydroxyl groups is 1. The summed E-state index contributed by atoms with van der Waals surface area (Å²) < 4.78 is 31.7. The summed E-state index contributed by atoms with van der Waals surface area (Å²) in [5, 5.41) is 9.29. The smallest absolute Gasteiger partial charge is 0.217 e. The SMILES string of the molecule is CC(C)(C)Cc1cnc2c(c1)CCC1(CCC1)O2.NCC(O)C(N)Cc1cc(F)cc(F)c1. The third-order valence-electron chi connectivity index (χ3n) is 6.27. The molecule has 2 atom stereocenters. The molecule has 5 nitrogen and oxygen atoms in total. The molecule has 0 bridgehead atoms. The standard InChI is InChI=1S/C16H23NO.C10H14F2N2O/c1-15(2,3)10-12-9-13-5-8-16(6-4-7-16)18-14(13)17-11-12;11-7-1-6(2-8(12)4-7)3-9(14)10(15)5-13/h9,11H,4-8,10H2,1-3H3;1-2,4,9-10,15H,3,5,13-14H2. The second kappa shape index (κ2) is 10.5. The van der Waals surface area contributed by atoms with Crippen LogP contribution >= 0.6 is 0 Å². The van der Waals surface area contributed by atoms with Crippen molar-refractivity contribution in [3.63, 3.8) is 0 Å². The van der Waals surface area contributed by atoms with Crippen LogP contribution in [-0.2, 0) is 19.3 Å². The van der Waals surface area contributed by atoms with E-state index in [1.165, 1.54) is 48.9 Å². The predicted octanol–water partition coefficient (Wildman–Crippen LogP) is 4.07. The number of benzene rings is 1. The molecular weight excluding hydrogens is 424 g/mol. The Morgan fingerprint density at radius 1 is 1.09 bits per heavy atom. The van der Waals surface area contributed by atoms with Gasteiger partial charge in [0.2, 0.25) is 5.88 Å². The summed E-state index contributed by atoms with van der Waals surface area (Å²) in [6, 6.07) is 4.85. The Bertz CT molecular complexity index is 921. The zero-order valence-corrected chi connectivity index (χ0v) is 19.9. The Morgan fingerprint density at radius 3 is 2.30 bits per heavy atom. The summed E-state index contributed by atoms with van der Waals surface area (Å²) in [7, 11) is 0. The molecule has 1 saturated carbocycles. The molecule has 33 heavy (non-hydrogen) atoms. The number of hydrogen-bond donors (Lipinski definition) is 3. The number of fused-ring (bicyclic) bond motifs is 1. The summed E-state index contributed by atoms with van der Waals surface area (Å²) in [6.07, 6.45) is 8.48. The lowest BCUT2D eigenvalue weighted by Gasteiger charge is -2.44. The van der Waals surface area contributed by atoms with Crippen molar-refractivity contribution in [2.24, 2.45) is 16.9 Å². The summed E-state index contributed by atoms with van der Waals surface area (Å²) in [5.74, 6) is -0.405. The number of nitrogens with zero attached hydrogens (tertiary/aromatic N) is 1. The number of rotatable bonds is 5. The van der Waals surface area contributed by atoms with Crippen LogP contribution in [0.3, 0.4) is 0 Å². The zero-order chi connectivity index (χ0) is 24.2. The van der Waals surface area contributed by atoms with E-state index in [0.717, 1.165) is 24.8 Å². The second-order valence-corrected chi connectivity index (χ2v) is 10.6. The number of aryl methyl sites for hydroxylation is 1. The molecule has 2 aromatic rings. The maximum Gasteiger partial charge on any atom is 0.217 e. The van der Waals surface area contributed by atoms with Gasteiger partial charge in [-0.2, -0.15) is 0 Å². The molecule has 2 aliphatic rings. The number of aliphatic hydroxyl groups excluding tert-OH is 1. The van der Waals surface area contributed by atoms with Crippen LogP contribution in [0.1, 0.15) is 63.1 Å². The van der Waals surface area contributed by atoms with E-state index in [2.05, 4.69) is 31.8 Å². The molecule has 1 spiro atoms. The third-order valence-corrected chi connectivity index (χ3v) is 6.27. The van der Waals surface area contributed by atoms with Gasteiger partial charge in [-0.1, -0.05) is 20.8 Å². The van der Waals surface area contributed by atoms with E-state index in [1.54, 1.807) is 0 Å². The van der Waals surface area contributed by atoms with Crippen LogP contribution in [-0.4, -0.2) is 34.4 Å². The fourth-order valence-corrected chi connectivity index (χ4v) is 4.38. The minimum atomic E-state index is -0.865. The van der Waals surface area contributed by atoms with Crippen LogP contribution < -0.4 is 16.2 Å². The fraction of sp³-hybridized carbons (Fsp3) is 0.577. The van der Waals surface area contributed by atoms with Gasteiger partial charge in [0.25, 0.3) is 0 Å². The monoisotopic (exact) mass is 461 g/mol. The molecule has 1 aromatic heterocycles. The molecule has 2 heterocycles.